The second kappa shape index (κ2) is 10.2. The van der Waals surface area contributed by atoms with Crippen molar-refractivity contribution in [3.63, 3.8) is 0 Å². The Balaban J connectivity index is 2.18. The van der Waals surface area contributed by atoms with Crippen LogP contribution in [0.2, 0.25) is 0 Å². The molecule has 1 N–H and O–H groups in total. The van der Waals surface area contributed by atoms with E-state index in [1.165, 1.54) is 4.90 Å². The number of hydrogen-bond acceptors (Lipinski definition) is 4. The Bertz CT molecular complexity index is 1020. The van der Waals surface area contributed by atoms with Crippen LogP contribution in [-0.4, -0.2) is 33.7 Å². The minimum absolute atomic E-state index is 0.309. The van der Waals surface area contributed by atoms with Crippen molar-refractivity contribution in [2.75, 3.05) is 0 Å². The van der Waals surface area contributed by atoms with Crippen LogP contribution in [-0.2, 0) is 15.3 Å². The quantitative estimate of drug-likeness (QED) is 0.342. The predicted octanol–water partition coefficient (Wildman–Crippen LogP) is 6.59. The van der Waals surface area contributed by atoms with E-state index in [-0.39, 0.29) is 0 Å². The van der Waals surface area contributed by atoms with Crippen molar-refractivity contribution in [2.45, 2.75) is 72.1 Å². The van der Waals surface area contributed by atoms with E-state index in [0.29, 0.717) is 12.0 Å². The molecule has 1 amide bonds. The lowest BCUT2D eigenvalue weighted by atomic mass is 9.87. The molecule has 2 aromatic rings. The summed E-state index contributed by atoms with van der Waals surface area (Å²) in [5, 5.41) is 10.1. The van der Waals surface area contributed by atoms with Crippen LogP contribution in [0.4, 0.5) is 4.79 Å². The third-order valence-electron chi connectivity index (χ3n) is 5.81. The first-order chi connectivity index (χ1) is 15.3. The van der Waals surface area contributed by atoms with Gasteiger partial charge in [-0.1, -0.05) is 48.6 Å². The van der Waals surface area contributed by atoms with E-state index in [2.05, 4.69) is 6.58 Å². The van der Waals surface area contributed by atoms with E-state index in [4.69, 9.17) is 9.78 Å². The van der Waals surface area contributed by atoms with Crippen LogP contribution >= 0.6 is 0 Å². The van der Waals surface area contributed by atoms with Crippen LogP contribution in [0.25, 0.3) is 5.57 Å². The topological polar surface area (TPSA) is 76.1 Å². The van der Waals surface area contributed by atoms with E-state index in [9.17, 15) is 14.7 Å². The molecule has 0 aliphatic rings. The average molecular weight is 454 g/mol. The highest BCUT2D eigenvalue weighted by Gasteiger charge is 2.39. The molecule has 2 rings (SSSR count). The summed E-state index contributed by atoms with van der Waals surface area (Å²) in [5.74, 6) is -0.583. The minimum atomic E-state index is -1.04. The molecule has 0 spiro atoms. The number of nitrogens with zero attached hydrogens (tertiary/aromatic N) is 1. The average Bonchev–Trinajstić information content (AvgIpc) is 2.71. The van der Waals surface area contributed by atoms with Gasteiger partial charge in [-0.05, 0) is 77.3 Å². The molecule has 33 heavy (non-hydrogen) atoms. The summed E-state index contributed by atoms with van der Waals surface area (Å²) in [6.07, 6.45) is -0.731. The van der Waals surface area contributed by atoms with Crippen molar-refractivity contribution in [3.05, 3.63) is 77.4 Å². The zero-order chi connectivity index (χ0) is 25.0. The van der Waals surface area contributed by atoms with Crippen LogP contribution in [0.1, 0.15) is 75.0 Å². The smallest absolute Gasteiger partial charge is 0.408 e. The highest BCUT2D eigenvalue weighted by atomic mass is 17.2. The third kappa shape index (κ3) is 6.45. The van der Waals surface area contributed by atoms with E-state index in [0.717, 1.165) is 22.3 Å². The minimum Gasteiger partial charge on any atom is -0.465 e. The number of benzene rings is 2. The van der Waals surface area contributed by atoms with Crippen LogP contribution in [0.15, 0.2) is 55.1 Å². The lowest BCUT2D eigenvalue weighted by Crippen LogP contribution is -2.52. The molecule has 1 atom stereocenters. The van der Waals surface area contributed by atoms with E-state index < -0.39 is 29.2 Å². The van der Waals surface area contributed by atoms with Crippen molar-refractivity contribution in [2.24, 2.45) is 0 Å². The largest absolute Gasteiger partial charge is 0.465 e. The molecule has 0 saturated heterocycles. The Morgan fingerprint density at radius 1 is 1.09 bits per heavy atom. The van der Waals surface area contributed by atoms with E-state index in [1.807, 2.05) is 71.0 Å². The lowest BCUT2D eigenvalue weighted by Gasteiger charge is -2.43. The first kappa shape index (κ1) is 26.1. The Hall–Kier alpha value is -3.12. The molecule has 0 aliphatic heterocycles. The van der Waals surface area contributed by atoms with Gasteiger partial charge in [-0.3, -0.25) is 9.79 Å². The molecule has 6 heteroatoms. The summed E-state index contributed by atoms with van der Waals surface area (Å²) >= 11 is 0. The summed E-state index contributed by atoms with van der Waals surface area (Å²) in [6.45, 7) is 16.8. The summed E-state index contributed by atoms with van der Waals surface area (Å²) in [4.78, 5) is 36.8. The number of carboxylic acid groups (broad SMARTS) is 1. The normalized spacial score (nSPS) is 12.7. The maximum absolute atomic E-state index is 12.4. The fourth-order valence-electron chi connectivity index (χ4n) is 4.12. The molecule has 178 valence electrons. The fourth-order valence-corrected chi connectivity index (χ4v) is 4.12. The molecule has 0 bridgehead atoms. The summed E-state index contributed by atoms with van der Waals surface area (Å²) < 4.78 is 0. The highest BCUT2D eigenvalue weighted by Crippen LogP contribution is 2.34. The van der Waals surface area contributed by atoms with Gasteiger partial charge >= 0.3 is 12.1 Å². The number of carbonyl (C=O) groups is 2. The molecule has 0 fully saturated rings. The third-order valence-corrected chi connectivity index (χ3v) is 5.81. The number of allylic oxidation sites excluding steroid dienone is 1. The van der Waals surface area contributed by atoms with E-state index >= 15 is 0 Å². The van der Waals surface area contributed by atoms with Gasteiger partial charge < -0.3 is 5.11 Å². The molecule has 0 radical (unpaired) electrons. The molecular formula is C27H35NO5. The molecular weight excluding hydrogens is 418 g/mol. The van der Waals surface area contributed by atoms with Crippen molar-refractivity contribution < 1.29 is 24.5 Å². The number of aryl methyl sites for hydroxylation is 1. The Labute approximate surface area is 196 Å². The second-order valence-electron chi connectivity index (χ2n) is 9.65. The molecule has 2 aromatic carbocycles. The van der Waals surface area contributed by atoms with Crippen molar-refractivity contribution in [1.29, 1.82) is 0 Å². The molecule has 6 nitrogen and oxygen atoms in total. The zero-order valence-corrected chi connectivity index (χ0v) is 20.6. The summed E-state index contributed by atoms with van der Waals surface area (Å²) in [5.41, 5.74) is 2.21. The first-order valence-corrected chi connectivity index (χ1v) is 11.0. The fraction of sp³-hybridized carbons (Fsp3) is 0.407. The van der Waals surface area contributed by atoms with Crippen LogP contribution in [0, 0.1) is 6.92 Å². The maximum Gasteiger partial charge on any atom is 0.408 e. The number of amides is 1. The number of hydrogen-bond donors (Lipinski definition) is 1. The first-order valence-electron chi connectivity index (χ1n) is 11.0. The Kier molecular flexibility index (Phi) is 8.09. The lowest BCUT2D eigenvalue weighted by molar-refractivity contribution is -0.310. The van der Waals surface area contributed by atoms with Gasteiger partial charge in [-0.25, -0.2) is 9.59 Å². The van der Waals surface area contributed by atoms with Crippen molar-refractivity contribution in [3.8, 4) is 0 Å². The summed E-state index contributed by atoms with van der Waals surface area (Å²) in [7, 11) is 0. The molecule has 0 aromatic heterocycles. The monoisotopic (exact) mass is 453 g/mol. The Morgan fingerprint density at radius 2 is 1.73 bits per heavy atom. The van der Waals surface area contributed by atoms with Crippen LogP contribution in [0.5, 0.6) is 0 Å². The number of rotatable bonds is 9. The second-order valence-corrected chi connectivity index (χ2v) is 9.65. The SMILES string of the molecule is C=C(C)c1cccc(C(C)(C)N(C(=O)O)C(C)CC(C)(C)OOC(=O)c2ccccc2C)c1. The van der Waals surface area contributed by atoms with Gasteiger partial charge in [0, 0.05) is 12.5 Å². The molecule has 0 heterocycles. The number of carbonyl (C=O) groups excluding carboxylic acids is 1. The maximum atomic E-state index is 12.4. The Morgan fingerprint density at radius 3 is 2.30 bits per heavy atom. The van der Waals surface area contributed by atoms with Gasteiger partial charge in [0.15, 0.2) is 0 Å². The van der Waals surface area contributed by atoms with Gasteiger partial charge in [0.1, 0.15) is 5.60 Å². The van der Waals surface area contributed by atoms with Gasteiger partial charge in [0.2, 0.25) is 0 Å². The van der Waals surface area contributed by atoms with Gasteiger partial charge in [0.05, 0.1) is 11.1 Å². The predicted molar refractivity (Wildman–Crippen MR) is 130 cm³/mol. The standard InChI is InChI=1S/C27H35NO5/c1-18(2)21-13-11-14-22(16-21)27(7,8)28(25(30)31)20(4)17-26(5,6)33-32-24(29)23-15-10-9-12-19(23)3/h9-16,20H,1,17H2,2-8H3,(H,30,31). The van der Waals surface area contributed by atoms with Crippen molar-refractivity contribution in [1.82, 2.24) is 4.90 Å². The van der Waals surface area contributed by atoms with Gasteiger partial charge in [-0.15, -0.1) is 0 Å². The molecule has 1 unspecified atom stereocenters. The van der Waals surface area contributed by atoms with Crippen LogP contribution < -0.4 is 0 Å². The summed E-state index contributed by atoms with van der Waals surface area (Å²) in [6, 6.07) is 14.4. The van der Waals surface area contributed by atoms with Crippen molar-refractivity contribution >= 4 is 17.6 Å². The zero-order valence-electron chi connectivity index (χ0n) is 20.6. The molecule has 0 aliphatic carbocycles. The van der Waals surface area contributed by atoms with E-state index in [1.54, 1.807) is 26.0 Å². The molecule has 0 saturated carbocycles. The van der Waals surface area contributed by atoms with Gasteiger partial charge in [0.25, 0.3) is 0 Å². The van der Waals surface area contributed by atoms with Gasteiger partial charge in [-0.2, -0.15) is 4.89 Å². The van der Waals surface area contributed by atoms with Crippen LogP contribution in [0.3, 0.4) is 0 Å². The highest BCUT2D eigenvalue weighted by molar-refractivity contribution is 5.90.